The molecule has 4 rings (SSSR count). The molecule has 0 amide bonds. The van der Waals surface area contributed by atoms with Gasteiger partial charge in [-0.3, -0.25) is 10.3 Å². The molecule has 28 heavy (non-hydrogen) atoms. The third-order valence-corrected chi connectivity index (χ3v) is 5.94. The van der Waals surface area contributed by atoms with Crippen molar-refractivity contribution in [2.45, 2.75) is 0 Å². The second kappa shape index (κ2) is 8.30. The summed E-state index contributed by atoms with van der Waals surface area (Å²) in [5, 5.41) is 21.7. The second-order valence-electron chi connectivity index (χ2n) is 6.81. The number of rotatable bonds is 6. The molecule has 0 spiro atoms. The second-order valence-corrected chi connectivity index (χ2v) is 7.67. The van der Waals surface area contributed by atoms with Gasteiger partial charge in [0.2, 0.25) is 0 Å². The fourth-order valence-electron chi connectivity index (χ4n) is 3.42. The molecule has 7 nitrogen and oxygen atoms in total. The highest BCUT2D eigenvalue weighted by atomic mass is 32.1. The van der Waals surface area contributed by atoms with E-state index < -0.39 is 0 Å². The molecule has 148 valence electrons. The molecule has 2 aliphatic rings. The number of aromatic nitrogens is 1. The van der Waals surface area contributed by atoms with Gasteiger partial charge in [0.25, 0.3) is 0 Å². The van der Waals surface area contributed by atoms with Gasteiger partial charge in [0, 0.05) is 37.1 Å². The molecular formula is C20H24N4O3S. The first-order valence-corrected chi connectivity index (χ1v) is 10.2. The summed E-state index contributed by atoms with van der Waals surface area (Å²) in [5.74, 6) is 1.37. The number of nitrogens with zero attached hydrogens (tertiary/aromatic N) is 3. The average molecular weight is 401 g/mol. The van der Waals surface area contributed by atoms with Crippen LogP contribution in [0, 0.1) is 5.41 Å². The van der Waals surface area contributed by atoms with E-state index >= 15 is 0 Å². The summed E-state index contributed by atoms with van der Waals surface area (Å²) in [6.45, 7) is 5.31. The van der Waals surface area contributed by atoms with Gasteiger partial charge in [0.15, 0.2) is 0 Å². The summed E-state index contributed by atoms with van der Waals surface area (Å²) in [6, 6.07) is 7.72. The lowest BCUT2D eigenvalue weighted by Crippen LogP contribution is -2.42. The van der Waals surface area contributed by atoms with Gasteiger partial charge in [-0.05, 0) is 24.3 Å². The third-order valence-electron chi connectivity index (χ3n) is 5.08. The molecule has 2 aliphatic heterocycles. The van der Waals surface area contributed by atoms with Crippen LogP contribution in [0.1, 0.15) is 5.01 Å². The summed E-state index contributed by atoms with van der Waals surface area (Å²) in [4.78, 5) is 8.91. The van der Waals surface area contributed by atoms with Gasteiger partial charge in [-0.15, -0.1) is 11.3 Å². The van der Waals surface area contributed by atoms with E-state index in [1.54, 1.807) is 7.11 Å². The minimum Gasteiger partial charge on any atom is -0.510 e. The Morgan fingerprint density at radius 1 is 1.21 bits per heavy atom. The number of aliphatic hydroxyl groups is 1. The van der Waals surface area contributed by atoms with Gasteiger partial charge in [0.05, 0.1) is 38.1 Å². The largest absolute Gasteiger partial charge is 0.510 e. The zero-order chi connectivity index (χ0) is 19.5. The maximum atomic E-state index is 10.5. The Kier molecular flexibility index (Phi) is 5.61. The van der Waals surface area contributed by atoms with Crippen molar-refractivity contribution < 1.29 is 14.6 Å². The first-order chi connectivity index (χ1) is 13.7. The van der Waals surface area contributed by atoms with E-state index in [9.17, 15) is 5.11 Å². The van der Waals surface area contributed by atoms with Gasteiger partial charge in [-0.2, -0.15) is 0 Å². The molecule has 0 atom stereocenters. The quantitative estimate of drug-likeness (QED) is 0.776. The fraction of sp³-hybridized carbons (Fsp3) is 0.400. The summed E-state index contributed by atoms with van der Waals surface area (Å²) in [6.07, 6.45) is 0. The smallest absolute Gasteiger partial charge is 0.135 e. The van der Waals surface area contributed by atoms with Crippen LogP contribution in [-0.4, -0.2) is 78.8 Å². The summed E-state index contributed by atoms with van der Waals surface area (Å²) in [5.41, 5.74) is 2.37. The highest BCUT2D eigenvalue weighted by Crippen LogP contribution is 2.32. The van der Waals surface area contributed by atoms with Crippen LogP contribution in [0.4, 0.5) is 0 Å². The summed E-state index contributed by atoms with van der Waals surface area (Å²) >= 11 is 1.45. The maximum absolute atomic E-state index is 10.5. The van der Waals surface area contributed by atoms with E-state index in [1.807, 2.05) is 34.5 Å². The number of thiazole rings is 1. The molecule has 1 aromatic heterocycles. The third kappa shape index (κ3) is 3.89. The monoisotopic (exact) mass is 400 g/mol. The molecule has 0 bridgehead atoms. The molecule has 8 heteroatoms. The van der Waals surface area contributed by atoms with Crippen molar-refractivity contribution >= 4 is 22.7 Å². The molecule has 0 aliphatic carbocycles. The first-order valence-electron chi connectivity index (χ1n) is 9.32. The zero-order valence-corrected chi connectivity index (χ0v) is 16.7. The molecule has 0 radical (unpaired) electrons. The van der Waals surface area contributed by atoms with Crippen LogP contribution in [0.3, 0.4) is 0 Å². The lowest BCUT2D eigenvalue weighted by Gasteiger charge is -2.29. The van der Waals surface area contributed by atoms with Crippen LogP contribution in [0.25, 0.3) is 16.8 Å². The van der Waals surface area contributed by atoms with E-state index in [0.29, 0.717) is 29.5 Å². The minimum absolute atomic E-state index is 0.225. The highest BCUT2D eigenvalue weighted by molar-refractivity contribution is 7.11. The Balaban J connectivity index is 1.44. The lowest BCUT2D eigenvalue weighted by atomic mass is 10.1. The Labute approximate surface area is 168 Å². The van der Waals surface area contributed by atoms with Gasteiger partial charge < -0.3 is 19.5 Å². The average Bonchev–Trinajstić information content (AvgIpc) is 3.31. The van der Waals surface area contributed by atoms with Crippen molar-refractivity contribution in [1.29, 1.82) is 5.41 Å². The van der Waals surface area contributed by atoms with E-state index in [2.05, 4.69) is 9.88 Å². The van der Waals surface area contributed by atoms with E-state index in [-0.39, 0.29) is 5.76 Å². The Morgan fingerprint density at radius 2 is 1.96 bits per heavy atom. The zero-order valence-electron chi connectivity index (χ0n) is 15.9. The number of methoxy groups -OCH3 is 1. The molecule has 1 aromatic carbocycles. The van der Waals surface area contributed by atoms with E-state index in [4.69, 9.17) is 14.9 Å². The van der Waals surface area contributed by atoms with E-state index in [1.165, 1.54) is 11.3 Å². The molecule has 2 N–H and O–H groups in total. The molecular weight excluding hydrogens is 376 g/mol. The minimum atomic E-state index is 0.225. The van der Waals surface area contributed by atoms with Crippen LogP contribution in [-0.2, 0) is 4.74 Å². The number of amidine groups is 1. The number of hydrogen-bond acceptors (Lipinski definition) is 7. The van der Waals surface area contributed by atoms with E-state index in [0.717, 1.165) is 49.9 Å². The summed E-state index contributed by atoms with van der Waals surface area (Å²) in [7, 11) is 1.64. The van der Waals surface area contributed by atoms with Crippen LogP contribution < -0.4 is 4.74 Å². The first kappa shape index (κ1) is 18.9. The Morgan fingerprint density at radius 3 is 2.68 bits per heavy atom. The normalized spacial score (nSPS) is 18.2. The molecule has 1 saturated heterocycles. The predicted octanol–water partition coefficient (Wildman–Crippen LogP) is 2.71. The van der Waals surface area contributed by atoms with Crippen LogP contribution >= 0.6 is 11.3 Å². The number of nitrogens with one attached hydrogen (secondary N) is 1. The van der Waals surface area contributed by atoms with Crippen molar-refractivity contribution in [3.63, 3.8) is 0 Å². The van der Waals surface area contributed by atoms with Crippen molar-refractivity contribution in [1.82, 2.24) is 14.8 Å². The van der Waals surface area contributed by atoms with Crippen molar-refractivity contribution in [2.24, 2.45) is 0 Å². The Bertz CT molecular complexity index is 872. The molecule has 0 saturated carbocycles. The Hall–Kier alpha value is -2.42. The number of hydrogen-bond donors (Lipinski definition) is 2. The molecule has 2 aromatic rings. The van der Waals surface area contributed by atoms with Gasteiger partial charge >= 0.3 is 0 Å². The van der Waals surface area contributed by atoms with Crippen molar-refractivity contribution in [3.8, 4) is 17.0 Å². The van der Waals surface area contributed by atoms with Crippen LogP contribution in [0.5, 0.6) is 5.75 Å². The van der Waals surface area contributed by atoms with Crippen molar-refractivity contribution in [2.75, 3.05) is 53.0 Å². The molecule has 1 fully saturated rings. The standard InChI is InChI=1S/C20H24N4O3S/c1-26-15-4-2-14(3-5-15)16-13-28-20(22-16)18-17(25)12-24(19(18)21)7-6-23-8-10-27-11-9-23/h2-5,13,21,25H,6-12H2,1H3. The van der Waals surface area contributed by atoms with Crippen LogP contribution in [0.15, 0.2) is 35.4 Å². The number of aliphatic hydroxyl groups excluding tert-OH is 1. The highest BCUT2D eigenvalue weighted by Gasteiger charge is 2.30. The molecule has 0 unspecified atom stereocenters. The SMILES string of the molecule is COc1ccc(-c2csc(C3=C(O)CN(CCN4CCOCC4)C3=N)n2)cc1. The molecule has 3 heterocycles. The van der Waals surface area contributed by atoms with Crippen LogP contribution in [0.2, 0.25) is 0 Å². The number of benzene rings is 1. The van der Waals surface area contributed by atoms with Gasteiger partial charge in [-0.1, -0.05) is 0 Å². The fourth-order valence-corrected chi connectivity index (χ4v) is 4.31. The summed E-state index contributed by atoms with van der Waals surface area (Å²) < 4.78 is 10.6. The lowest BCUT2D eigenvalue weighted by molar-refractivity contribution is 0.0361. The predicted molar refractivity (Wildman–Crippen MR) is 110 cm³/mol. The topological polar surface area (TPSA) is 81.9 Å². The number of ether oxygens (including phenoxy) is 2. The van der Waals surface area contributed by atoms with Gasteiger partial charge in [0.1, 0.15) is 22.4 Å². The number of morpholine rings is 1. The maximum Gasteiger partial charge on any atom is 0.135 e. The van der Waals surface area contributed by atoms with Gasteiger partial charge in [-0.25, -0.2) is 4.98 Å². The van der Waals surface area contributed by atoms with Crippen molar-refractivity contribution in [3.05, 3.63) is 40.4 Å².